The quantitative estimate of drug-likeness (QED) is 0.452. The Morgan fingerprint density at radius 2 is 1.85 bits per heavy atom. The molecule has 27 heavy (non-hydrogen) atoms. The van der Waals surface area contributed by atoms with E-state index in [0.717, 1.165) is 27.0 Å². The topological polar surface area (TPSA) is 60.2 Å². The van der Waals surface area contributed by atoms with E-state index >= 15 is 0 Å². The van der Waals surface area contributed by atoms with Crippen molar-refractivity contribution in [1.82, 2.24) is 19.4 Å². The molecule has 4 rings (SSSR count). The third-order valence-corrected chi connectivity index (χ3v) is 5.22. The first-order valence-corrected chi connectivity index (χ1v) is 9.37. The maximum Gasteiger partial charge on any atom is 0.234 e. The van der Waals surface area contributed by atoms with Crippen LogP contribution in [0.25, 0.3) is 17.0 Å². The predicted octanol–water partition coefficient (Wildman–Crippen LogP) is 4.60. The monoisotopic (exact) mass is 420 g/mol. The fourth-order valence-electron chi connectivity index (χ4n) is 2.97. The second-order valence-corrected chi connectivity index (χ2v) is 7.29. The maximum atomic E-state index is 12.8. The van der Waals surface area contributed by atoms with Crippen molar-refractivity contribution in [3.63, 3.8) is 0 Å². The summed E-state index contributed by atoms with van der Waals surface area (Å²) < 4.78 is 2.76. The lowest BCUT2D eigenvalue weighted by atomic mass is 10.1. The molecule has 0 amide bonds. The molecule has 6 heteroatoms. The average Bonchev–Trinajstić information content (AvgIpc) is 3.08. The molecule has 3 aromatic heterocycles. The van der Waals surface area contributed by atoms with E-state index < -0.39 is 0 Å². The largest absolute Gasteiger partial charge is 0.292 e. The van der Waals surface area contributed by atoms with Crippen molar-refractivity contribution >= 4 is 27.5 Å². The van der Waals surface area contributed by atoms with Gasteiger partial charge < -0.3 is 0 Å². The highest BCUT2D eigenvalue weighted by atomic mass is 79.9. The minimum Gasteiger partial charge on any atom is -0.292 e. The summed E-state index contributed by atoms with van der Waals surface area (Å²) in [4.78, 5) is 26.3. The summed E-state index contributed by atoms with van der Waals surface area (Å²) in [6, 6.07) is 13.7. The minimum absolute atomic E-state index is 0.0522. The van der Waals surface area contributed by atoms with Gasteiger partial charge in [-0.25, -0.2) is 15.0 Å². The molecule has 0 bridgehead atoms. The Morgan fingerprint density at radius 1 is 1.07 bits per heavy atom. The number of halogens is 1. The van der Waals surface area contributed by atoms with E-state index in [4.69, 9.17) is 0 Å². The van der Waals surface area contributed by atoms with Crippen LogP contribution >= 0.6 is 15.9 Å². The van der Waals surface area contributed by atoms with Crippen LogP contribution in [0, 0.1) is 13.8 Å². The van der Waals surface area contributed by atoms with E-state index in [2.05, 4.69) is 30.9 Å². The number of hydrogen-bond acceptors (Lipinski definition) is 4. The highest BCUT2D eigenvalue weighted by molar-refractivity contribution is 9.10. The molecule has 0 radical (unpaired) electrons. The third-order valence-electron chi connectivity index (χ3n) is 4.40. The molecule has 0 saturated heterocycles. The number of benzene rings is 1. The Hall–Kier alpha value is -2.86. The van der Waals surface area contributed by atoms with Crippen LogP contribution in [-0.2, 0) is 6.42 Å². The van der Waals surface area contributed by atoms with Crippen molar-refractivity contribution < 1.29 is 4.79 Å². The van der Waals surface area contributed by atoms with Gasteiger partial charge in [-0.2, -0.15) is 0 Å². The fourth-order valence-corrected chi connectivity index (χ4v) is 3.49. The second kappa shape index (κ2) is 7.04. The summed E-state index contributed by atoms with van der Waals surface area (Å²) in [5, 5.41) is 0. The summed E-state index contributed by atoms with van der Waals surface area (Å²) in [7, 11) is 0. The number of carbonyl (C=O) groups excluding carboxylic acids is 1. The number of ketones is 1. The minimum atomic E-state index is -0.0522. The first-order chi connectivity index (χ1) is 13.0. The lowest BCUT2D eigenvalue weighted by molar-refractivity contribution is 0.0986. The number of carbonyl (C=O) groups is 1. The second-order valence-electron chi connectivity index (χ2n) is 6.44. The van der Waals surface area contributed by atoms with Gasteiger partial charge in [-0.1, -0.05) is 46.3 Å². The van der Waals surface area contributed by atoms with Gasteiger partial charge in [0.15, 0.2) is 5.78 Å². The molecule has 0 unspecified atom stereocenters. The van der Waals surface area contributed by atoms with Gasteiger partial charge in [-0.05, 0) is 31.5 Å². The molecule has 4 aromatic rings. The van der Waals surface area contributed by atoms with Gasteiger partial charge in [0.2, 0.25) is 5.78 Å². The number of imidazole rings is 1. The van der Waals surface area contributed by atoms with Crippen LogP contribution in [-0.4, -0.2) is 25.1 Å². The van der Waals surface area contributed by atoms with Gasteiger partial charge in [-0.15, -0.1) is 0 Å². The standard InChI is InChI=1S/C21H17BrN4O/c1-13-10-17(22)14(2)20(23-13)19(27)11-16-8-9-26-12-18(25-21(26)24-16)15-6-4-3-5-7-15/h3-10,12H,11H2,1-2H3. The van der Waals surface area contributed by atoms with Crippen LogP contribution < -0.4 is 0 Å². The summed E-state index contributed by atoms with van der Waals surface area (Å²) in [5.74, 6) is 0.526. The number of nitrogens with zero attached hydrogens (tertiary/aromatic N) is 4. The first-order valence-electron chi connectivity index (χ1n) is 8.58. The Bertz CT molecular complexity index is 1150. The molecule has 0 aliphatic rings. The van der Waals surface area contributed by atoms with Crippen molar-refractivity contribution in [1.29, 1.82) is 0 Å². The molecular formula is C21H17BrN4O. The number of aryl methyl sites for hydroxylation is 1. The molecule has 5 nitrogen and oxygen atoms in total. The zero-order chi connectivity index (χ0) is 19.0. The highest BCUT2D eigenvalue weighted by Gasteiger charge is 2.16. The predicted molar refractivity (Wildman–Crippen MR) is 108 cm³/mol. The van der Waals surface area contributed by atoms with Crippen molar-refractivity contribution in [2.45, 2.75) is 20.3 Å². The molecule has 0 N–H and O–H groups in total. The van der Waals surface area contributed by atoms with Crippen LogP contribution in [0.2, 0.25) is 0 Å². The van der Waals surface area contributed by atoms with Crippen molar-refractivity contribution in [2.24, 2.45) is 0 Å². The lowest BCUT2D eigenvalue weighted by Crippen LogP contribution is -2.11. The maximum absolute atomic E-state index is 12.8. The number of hydrogen-bond donors (Lipinski definition) is 0. The normalized spacial score (nSPS) is 11.1. The summed E-state index contributed by atoms with van der Waals surface area (Å²) >= 11 is 3.49. The zero-order valence-electron chi connectivity index (χ0n) is 15.0. The van der Waals surface area contributed by atoms with Gasteiger partial charge in [-0.3, -0.25) is 9.20 Å². The summed E-state index contributed by atoms with van der Waals surface area (Å²) in [5.41, 5.74) is 4.70. The SMILES string of the molecule is Cc1cc(Br)c(C)c(C(=O)Cc2ccn3cc(-c4ccccc4)nc3n2)n1. The molecule has 0 aliphatic carbocycles. The van der Waals surface area contributed by atoms with Crippen molar-refractivity contribution in [3.05, 3.63) is 82.0 Å². The van der Waals surface area contributed by atoms with E-state index in [1.165, 1.54) is 0 Å². The molecule has 0 saturated carbocycles. The van der Waals surface area contributed by atoms with Gasteiger partial charge in [0, 0.05) is 28.1 Å². The van der Waals surface area contributed by atoms with Crippen LogP contribution in [0.5, 0.6) is 0 Å². The molecule has 0 spiro atoms. The first kappa shape index (κ1) is 17.5. The number of aromatic nitrogens is 4. The van der Waals surface area contributed by atoms with E-state index in [1.807, 2.05) is 73.1 Å². The van der Waals surface area contributed by atoms with Crippen LogP contribution in [0.4, 0.5) is 0 Å². The van der Waals surface area contributed by atoms with E-state index in [9.17, 15) is 4.79 Å². The molecular weight excluding hydrogens is 404 g/mol. The number of rotatable bonds is 4. The summed E-state index contributed by atoms with van der Waals surface area (Å²) in [6.07, 6.45) is 4.01. The van der Waals surface area contributed by atoms with Crippen molar-refractivity contribution in [2.75, 3.05) is 0 Å². The van der Waals surface area contributed by atoms with Crippen LogP contribution in [0.15, 0.2) is 59.3 Å². The van der Waals surface area contributed by atoms with Crippen LogP contribution in [0.1, 0.15) is 27.4 Å². The Balaban J connectivity index is 1.64. The van der Waals surface area contributed by atoms with E-state index in [-0.39, 0.29) is 12.2 Å². The molecule has 134 valence electrons. The van der Waals surface area contributed by atoms with Crippen LogP contribution in [0.3, 0.4) is 0 Å². The zero-order valence-corrected chi connectivity index (χ0v) is 16.6. The number of Topliss-reactive ketones (excluding diaryl/α,β-unsaturated/α-hetero) is 1. The van der Waals surface area contributed by atoms with Gasteiger partial charge in [0.25, 0.3) is 0 Å². The Kier molecular flexibility index (Phi) is 4.58. The summed E-state index contributed by atoms with van der Waals surface area (Å²) in [6.45, 7) is 3.77. The average molecular weight is 421 g/mol. The van der Waals surface area contributed by atoms with Gasteiger partial charge >= 0.3 is 0 Å². The lowest BCUT2D eigenvalue weighted by Gasteiger charge is -2.07. The van der Waals surface area contributed by atoms with Gasteiger partial charge in [0.1, 0.15) is 5.69 Å². The molecule has 1 aromatic carbocycles. The third kappa shape index (κ3) is 3.53. The molecule has 3 heterocycles. The van der Waals surface area contributed by atoms with Gasteiger partial charge in [0.05, 0.1) is 17.8 Å². The van der Waals surface area contributed by atoms with E-state index in [0.29, 0.717) is 17.2 Å². The Morgan fingerprint density at radius 3 is 2.63 bits per heavy atom. The van der Waals surface area contributed by atoms with E-state index in [1.54, 1.807) is 0 Å². The number of fused-ring (bicyclic) bond motifs is 1. The highest BCUT2D eigenvalue weighted by Crippen LogP contribution is 2.21. The Labute approximate surface area is 165 Å². The fraction of sp³-hybridized carbons (Fsp3) is 0.143. The van der Waals surface area contributed by atoms with Crippen molar-refractivity contribution in [3.8, 4) is 11.3 Å². The molecule has 0 aliphatic heterocycles. The number of pyridine rings is 1. The molecule has 0 atom stereocenters. The smallest absolute Gasteiger partial charge is 0.234 e. The molecule has 0 fully saturated rings.